The number of rotatable bonds is 5. The van der Waals surface area contributed by atoms with E-state index in [1.54, 1.807) is 14.2 Å². The van der Waals surface area contributed by atoms with Gasteiger partial charge in [0, 0.05) is 17.0 Å². The van der Waals surface area contributed by atoms with Crippen molar-refractivity contribution in [1.82, 2.24) is 0 Å². The quantitative estimate of drug-likeness (QED) is 0.387. The lowest BCUT2D eigenvalue weighted by molar-refractivity contribution is 0.405. The first-order valence-electron chi connectivity index (χ1n) is 7.68. The molecule has 0 heterocycles. The largest absolute Gasteiger partial charge is 0.497 e. The van der Waals surface area contributed by atoms with Crippen LogP contribution in [-0.2, 0) is 0 Å². The topological polar surface area (TPSA) is 68.9 Å². The van der Waals surface area contributed by atoms with E-state index in [1.807, 2.05) is 36.4 Å². The van der Waals surface area contributed by atoms with Crippen LogP contribution in [0.1, 0.15) is 17.9 Å². The maximum atomic E-state index is 6.05. The van der Waals surface area contributed by atoms with E-state index in [0.29, 0.717) is 23.4 Å². The van der Waals surface area contributed by atoms with Crippen molar-refractivity contribution < 1.29 is 9.47 Å². The van der Waals surface area contributed by atoms with Crippen LogP contribution >= 0.6 is 35.6 Å². The van der Waals surface area contributed by atoms with E-state index in [1.165, 1.54) is 5.56 Å². The number of halogens is 2. The summed E-state index contributed by atoms with van der Waals surface area (Å²) < 4.78 is 10.6. The Morgan fingerprint density at radius 1 is 1.20 bits per heavy atom. The summed E-state index contributed by atoms with van der Waals surface area (Å²) >= 11 is 6.04. The fraction of sp³-hybridized carbons (Fsp3) is 0.278. The molecule has 3 N–H and O–H groups in total. The van der Waals surface area contributed by atoms with Gasteiger partial charge in [0.2, 0.25) is 0 Å². The lowest BCUT2D eigenvalue weighted by Crippen LogP contribution is -2.23. The fourth-order valence-electron chi connectivity index (χ4n) is 2.68. The Balaban J connectivity index is 0.00000225. The number of benzene rings is 2. The van der Waals surface area contributed by atoms with Crippen molar-refractivity contribution in [3.05, 3.63) is 53.1 Å². The average molecular weight is 474 g/mol. The molecule has 7 heteroatoms. The summed E-state index contributed by atoms with van der Waals surface area (Å²) in [7, 11) is 3.22. The molecule has 2 atom stereocenters. The number of methoxy groups -OCH3 is 2. The summed E-state index contributed by atoms with van der Waals surface area (Å²) in [5.41, 5.74) is 7.97. The molecule has 1 fully saturated rings. The van der Waals surface area contributed by atoms with Crippen molar-refractivity contribution in [2.75, 3.05) is 19.5 Å². The van der Waals surface area contributed by atoms with Gasteiger partial charge >= 0.3 is 0 Å². The Labute approximate surface area is 169 Å². The summed E-state index contributed by atoms with van der Waals surface area (Å²) in [6.45, 7) is 0. The monoisotopic (exact) mass is 473 g/mol. The molecule has 25 heavy (non-hydrogen) atoms. The standard InChI is InChI=1S/C18H20ClN3O2.HI/c1-23-13-6-7-17(24-2)16(9-13)22-18(20)21-15-10-14(15)11-4-3-5-12(19)8-11;/h3-9,14-15H,10H2,1-2H3,(H3,20,21,22);1H. The van der Waals surface area contributed by atoms with Gasteiger partial charge in [0.1, 0.15) is 11.5 Å². The minimum Gasteiger partial charge on any atom is -0.497 e. The molecule has 2 aromatic rings. The van der Waals surface area contributed by atoms with Crippen LogP contribution in [-0.4, -0.2) is 26.2 Å². The predicted octanol–water partition coefficient (Wildman–Crippen LogP) is 4.26. The zero-order chi connectivity index (χ0) is 17.1. The third-order valence-corrected chi connectivity index (χ3v) is 4.24. The summed E-state index contributed by atoms with van der Waals surface area (Å²) in [5, 5.41) is 3.83. The van der Waals surface area contributed by atoms with Crippen molar-refractivity contribution in [2.24, 2.45) is 10.7 Å². The van der Waals surface area contributed by atoms with Gasteiger partial charge in [0.25, 0.3) is 0 Å². The zero-order valence-corrected chi connectivity index (χ0v) is 17.1. The van der Waals surface area contributed by atoms with Crippen molar-refractivity contribution in [1.29, 1.82) is 0 Å². The Morgan fingerprint density at radius 2 is 2.00 bits per heavy atom. The van der Waals surface area contributed by atoms with Crippen LogP contribution in [0.3, 0.4) is 0 Å². The molecule has 1 aliphatic carbocycles. The van der Waals surface area contributed by atoms with E-state index in [0.717, 1.165) is 17.1 Å². The van der Waals surface area contributed by atoms with E-state index in [-0.39, 0.29) is 30.0 Å². The molecular weight excluding hydrogens is 453 g/mol. The summed E-state index contributed by atoms with van der Waals surface area (Å²) in [6, 6.07) is 13.5. The molecule has 0 saturated heterocycles. The Hall–Kier alpha value is -1.67. The van der Waals surface area contributed by atoms with E-state index in [4.69, 9.17) is 26.8 Å². The van der Waals surface area contributed by atoms with Crippen LogP contribution < -0.4 is 20.5 Å². The molecule has 1 saturated carbocycles. The highest BCUT2D eigenvalue weighted by molar-refractivity contribution is 14.0. The first kappa shape index (κ1) is 19.7. The van der Waals surface area contributed by atoms with Gasteiger partial charge in [-0.1, -0.05) is 23.7 Å². The van der Waals surface area contributed by atoms with Crippen LogP contribution in [0.2, 0.25) is 5.02 Å². The van der Waals surface area contributed by atoms with Crippen molar-refractivity contribution >= 4 is 47.2 Å². The second-order valence-corrected chi connectivity index (χ2v) is 6.11. The molecule has 3 rings (SSSR count). The van der Waals surface area contributed by atoms with E-state index >= 15 is 0 Å². The third-order valence-electron chi connectivity index (χ3n) is 4.01. The van der Waals surface area contributed by atoms with Crippen LogP contribution in [0.25, 0.3) is 0 Å². The molecular formula is C18H21ClIN3O2. The lowest BCUT2D eigenvalue weighted by Gasteiger charge is -2.12. The minimum atomic E-state index is 0. The number of hydrogen-bond donors (Lipinski definition) is 2. The average Bonchev–Trinajstić information content (AvgIpc) is 3.33. The molecule has 0 bridgehead atoms. The zero-order valence-electron chi connectivity index (χ0n) is 14.0. The molecule has 2 aromatic carbocycles. The molecule has 1 aliphatic rings. The number of aliphatic imine (C=N–C) groups is 1. The molecule has 0 aliphatic heterocycles. The van der Waals surface area contributed by atoms with Gasteiger partial charge in [-0.05, 0) is 36.2 Å². The summed E-state index contributed by atoms with van der Waals surface area (Å²) in [5.74, 6) is 2.12. The number of nitrogens with one attached hydrogen (secondary N) is 1. The van der Waals surface area contributed by atoms with Crippen LogP contribution in [0.5, 0.6) is 11.5 Å². The van der Waals surface area contributed by atoms with Gasteiger partial charge in [0.15, 0.2) is 5.96 Å². The van der Waals surface area contributed by atoms with Gasteiger partial charge in [-0.15, -0.1) is 24.0 Å². The molecule has 0 radical (unpaired) electrons. The number of nitrogens with zero attached hydrogens (tertiary/aromatic N) is 1. The maximum Gasteiger partial charge on any atom is 0.193 e. The number of hydrogen-bond acceptors (Lipinski definition) is 3. The van der Waals surface area contributed by atoms with Gasteiger partial charge in [-0.25, -0.2) is 4.99 Å². The summed E-state index contributed by atoms with van der Waals surface area (Å²) in [4.78, 5) is 4.55. The summed E-state index contributed by atoms with van der Waals surface area (Å²) in [6.07, 6.45) is 0.970. The van der Waals surface area contributed by atoms with Crippen LogP contribution in [0.4, 0.5) is 5.69 Å². The molecule has 5 nitrogen and oxygen atoms in total. The van der Waals surface area contributed by atoms with Crippen LogP contribution in [0.15, 0.2) is 47.5 Å². The molecule has 2 unspecified atom stereocenters. The van der Waals surface area contributed by atoms with E-state index in [2.05, 4.69) is 16.4 Å². The van der Waals surface area contributed by atoms with Crippen LogP contribution in [0, 0.1) is 0 Å². The van der Waals surface area contributed by atoms with Crippen molar-refractivity contribution in [3.8, 4) is 11.5 Å². The Morgan fingerprint density at radius 3 is 2.68 bits per heavy atom. The highest BCUT2D eigenvalue weighted by atomic mass is 127. The van der Waals surface area contributed by atoms with E-state index in [9.17, 15) is 0 Å². The number of anilines is 1. The SMILES string of the molecule is COc1ccc(OC)c(NC(N)=NC2CC2c2cccc(Cl)c2)c1.I. The third kappa shape index (κ3) is 4.92. The smallest absolute Gasteiger partial charge is 0.193 e. The highest BCUT2D eigenvalue weighted by Gasteiger charge is 2.38. The lowest BCUT2D eigenvalue weighted by atomic mass is 10.1. The predicted molar refractivity (Wildman–Crippen MR) is 113 cm³/mol. The molecule has 0 spiro atoms. The minimum absolute atomic E-state index is 0. The normalized spacial score (nSPS) is 18.9. The first-order valence-corrected chi connectivity index (χ1v) is 8.06. The second kappa shape index (κ2) is 8.62. The fourth-order valence-corrected chi connectivity index (χ4v) is 2.88. The van der Waals surface area contributed by atoms with Crippen molar-refractivity contribution in [3.63, 3.8) is 0 Å². The number of nitrogens with two attached hydrogens (primary N) is 1. The maximum absolute atomic E-state index is 6.05. The Kier molecular flexibility index (Phi) is 6.78. The van der Waals surface area contributed by atoms with Gasteiger partial charge < -0.3 is 20.5 Å². The van der Waals surface area contributed by atoms with E-state index < -0.39 is 0 Å². The van der Waals surface area contributed by atoms with Gasteiger partial charge in [-0.3, -0.25) is 0 Å². The highest BCUT2D eigenvalue weighted by Crippen LogP contribution is 2.44. The van der Waals surface area contributed by atoms with Crippen molar-refractivity contribution in [2.45, 2.75) is 18.4 Å². The number of guanidine groups is 1. The Bertz CT molecular complexity index is 770. The molecule has 0 amide bonds. The number of ether oxygens (including phenoxy) is 2. The second-order valence-electron chi connectivity index (χ2n) is 5.67. The molecule has 134 valence electrons. The van der Waals surface area contributed by atoms with Gasteiger partial charge in [0.05, 0.1) is 25.9 Å². The first-order chi connectivity index (χ1) is 11.6. The molecule has 0 aromatic heterocycles. The van der Waals surface area contributed by atoms with Gasteiger partial charge in [-0.2, -0.15) is 0 Å².